The smallest absolute Gasteiger partial charge is 0.154 e. The maximum absolute atomic E-state index is 9.03. The SMILES string of the molecule is Cc1ccccc1P(O)Cl. The molecule has 0 saturated heterocycles. The van der Waals surface area contributed by atoms with Crippen LogP contribution in [0.2, 0.25) is 0 Å². The molecule has 0 spiro atoms. The molecule has 0 amide bonds. The van der Waals surface area contributed by atoms with Gasteiger partial charge in [0.05, 0.1) is 0 Å². The molecule has 0 saturated carbocycles. The van der Waals surface area contributed by atoms with Gasteiger partial charge in [-0.05, 0) is 12.5 Å². The molecule has 1 N–H and O–H groups in total. The second kappa shape index (κ2) is 3.34. The molecular weight excluding hydrogens is 167 g/mol. The molecule has 0 aliphatic carbocycles. The van der Waals surface area contributed by atoms with Crippen LogP contribution in [-0.4, -0.2) is 4.89 Å². The average molecular weight is 175 g/mol. The molecule has 1 aromatic rings. The first kappa shape index (κ1) is 8.00. The summed E-state index contributed by atoms with van der Waals surface area (Å²) in [6.07, 6.45) is 0. The van der Waals surface area contributed by atoms with Crippen molar-refractivity contribution >= 4 is 24.0 Å². The quantitative estimate of drug-likeness (QED) is 0.647. The summed E-state index contributed by atoms with van der Waals surface area (Å²) in [5, 5.41) is 0.846. The summed E-state index contributed by atoms with van der Waals surface area (Å²) in [5.74, 6) is 0. The Hall–Kier alpha value is -0.100. The van der Waals surface area contributed by atoms with Crippen LogP contribution in [0, 0.1) is 6.92 Å². The fraction of sp³-hybridized carbons (Fsp3) is 0.143. The van der Waals surface area contributed by atoms with E-state index in [9.17, 15) is 0 Å². The van der Waals surface area contributed by atoms with Gasteiger partial charge in [-0.3, -0.25) is 0 Å². The zero-order valence-electron chi connectivity index (χ0n) is 5.58. The van der Waals surface area contributed by atoms with E-state index >= 15 is 0 Å². The summed E-state index contributed by atoms with van der Waals surface area (Å²) in [5.41, 5.74) is 1.05. The Bertz CT molecular complexity index is 225. The normalized spacial score (nSPS) is 13.1. The summed E-state index contributed by atoms with van der Waals surface area (Å²) >= 11 is 5.53. The fourth-order valence-electron chi connectivity index (χ4n) is 0.770. The molecule has 0 aliphatic rings. The molecular formula is C7H8ClOP. The van der Waals surface area contributed by atoms with Crippen LogP contribution in [0.25, 0.3) is 0 Å². The van der Waals surface area contributed by atoms with Crippen molar-refractivity contribution in [3.63, 3.8) is 0 Å². The first-order valence-corrected chi connectivity index (χ1v) is 5.12. The molecule has 1 atom stereocenters. The zero-order chi connectivity index (χ0) is 7.56. The van der Waals surface area contributed by atoms with Crippen LogP contribution in [0.3, 0.4) is 0 Å². The van der Waals surface area contributed by atoms with Crippen molar-refractivity contribution in [3.05, 3.63) is 29.8 Å². The van der Waals surface area contributed by atoms with Gasteiger partial charge in [0.1, 0.15) is 0 Å². The Labute approximate surface area is 66.3 Å². The highest BCUT2D eigenvalue weighted by Gasteiger charge is 2.04. The Morgan fingerprint density at radius 3 is 2.40 bits per heavy atom. The maximum Gasteiger partial charge on any atom is 0.154 e. The van der Waals surface area contributed by atoms with E-state index < -0.39 is 7.50 Å². The van der Waals surface area contributed by atoms with Crippen molar-refractivity contribution in [2.75, 3.05) is 0 Å². The van der Waals surface area contributed by atoms with Gasteiger partial charge in [0.15, 0.2) is 7.50 Å². The van der Waals surface area contributed by atoms with Crippen molar-refractivity contribution < 1.29 is 4.89 Å². The molecule has 1 aromatic carbocycles. The second-order valence-corrected chi connectivity index (χ2v) is 4.01. The molecule has 0 radical (unpaired) electrons. The zero-order valence-corrected chi connectivity index (χ0v) is 7.23. The van der Waals surface area contributed by atoms with Crippen molar-refractivity contribution in [1.29, 1.82) is 0 Å². The molecule has 0 bridgehead atoms. The van der Waals surface area contributed by atoms with Gasteiger partial charge in [0.25, 0.3) is 0 Å². The summed E-state index contributed by atoms with van der Waals surface area (Å²) in [7, 11) is -1.44. The Balaban J connectivity index is 3.03. The summed E-state index contributed by atoms with van der Waals surface area (Å²) < 4.78 is 0. The molecule has 0 aliphatic heterocycles. The van der Waals surface area contributed by atoms with E-state index in [4.69, 9.17) is 16.1 Å². The monoisotopic (exact) mass is 174 g/mol. The molecule has 3 heteroatoms. The largest absolute Gasteiger partial charge is 0.356 e. The third kappa shape index (κ3) is 1.69. The highest BCUT2D eigenvalue weighted by Crippen LogP contribution is 2.35. The van der Waals surface area contributed by atoms with Crippen LogP contribution in [0.15, 0.2) is 24.3 Å². The first-order valence-electron chi connectivity index (χ1n) is 2.92. The van der Waals surface area contributed by atoms with Crippen molar-refractivity contribution in [2.45, 2.75) is 6.92 Å². The van der Waals surface area contributed by atoms with E-state index in [0.29, 0.717) is 0 Å². The molecule has 10 heavy (non-hydrogen) atoms. The van der Waals surface area contributed by atoms with Gasteiger partial charge in [-0.15, -0.1) is 0 Å². The molecule has 54 valence electrons. The summed E-state index contributed by atoms with van der Waals surface area (Å²) in [6, 6.07) is 7.57. The van der Waals surface area contributed by atoms with Gasteiger partial charge >= 0.3 is 0 Å². The fourth-order valence-corrected chi connectivity index (χ4v) is 1.91. The van der Waals surface area contributed by atoms with Crippen LogP contribution < -0.4 is 5.30 Å². The lowest BCUT2D eigenvalue weighted by Gasteiger charge is -2.03. The van der Waals surface area contributed by atoms with Gasteiger partial charge in [0, 0.05) is 5.30 Å². The first-order chi connectivity index (χ1) is 4.72. The van der Waals surface area contributed by atoms with Crippen molar-refractivity contribution in [3.8, 4) is 0 Å². The summed E-state index contributed by atoms with van der Waals surface area (Å²) in [4.78, 5) is 9.03. The number of halogens is 1. The minimum Gasteiger partial charge on any atom is -0.356 e. The average Bonchev–Trinajstić information content (AvgIpc) is 1.88. The van der Waals surface area contributed by atoms with E-state index in [1.807, 2.05) is 31.2 Å². The number of aryl methyl sites for hydroxylation is 1. The predicted molar refractivity (Wildman–Crippen MR) is 45.8 cm³/mol. The van der Waals surface area contributed by atoms with E-state index in [1.165, 1.54) is 0 Å². The molecule has 1 unspecified atom stereocenters. The molecule has 0 fully saturated rings. The van der Waals surface area contributed by atoms with Gasteiger partial charge in [-0.1, -0.05) is 35.5 Å². The Morgan fingerprint density at radius 2 is 2.00 bits per heavy atom. The Morgan fingerprint density at radius 1 is 1.40 bits per heavy atom. The van der Waals surface area contributed by atoms with Crippen LogP contribution in [0.4, 0.5) is 0 Å². The van der Waals surface area contributed by atoms with Gasteiger partial charge in [-0.2, -0.15) is 0 Å². The van der Waals surface area contributed by atoms with Gasteiger partial charge in [-0.25, -0.2) is 0 Å². The lowest BCUT2D eigenvalue weighted by Crippen LogP contribution is -2.00. The van der Waals surface area contributed by atoms with E-state index in [2.05, 4.69) is 0 Å². The predicted octanol–water partition coefficient (Wildman–Crippen LogP) is 2.16. The second-order valence-electron chi connectivity index (χ2n) is 2.05. The lowest BCUT2D eigenvalue weighted by molar-refractivity contribution is 0.649. The molecule has 0 aromatic heterocycles. The number of rotatable bonds is 1. The third-order valence-corrected chi connectivity index (χ3v) is 2.76. The van der Waals surface area contributed by atoms with Gasteiger partial charge < -0.3 is 4.89 Å². The van der Waals surface area contributed by atoms with E-state index in [1.54, 1.807) is 0 Å². The van der Waals surface area contributed by atoms with Crippen molar-refractivity contribution in [1.82, 2.24) is 0 Å². The lowest BCUT2D eigenvalue weighted by atomic mass is 10.2. The van der Waals surface area contributed by atoms with E-state index in [0.717, 1.165) is 10.9 Å². The number of benzene rings is 1. The molecule has 0 heterocycles. The number of hydrogen-bond acceptors (Lipinski definition) is 1. The minimum atomic E-state index is -1.44. The van der Waals surface area contributed by atoms with Crippen LogP contribution >= 0.6 is 18.7 Å². The highest BCUT2D eigenvalue weighted by atomic mass is 35.7. The standard InChI is InChI=1S/C7H8ClOP/c1-6-4-2-3-5-7(6)10(8)9/h2-5,9H,1H3. The highest BCUT2D eigenvalue weighted by molar-refractivity contribution is 7.85. The van der Waals surface area contributed by atoms with E-state index in [-0.39, 0.29) is 0 Å². The Kier molecular flexibility index (Phi) is 2.67. The van der Waals surface area contributed by atoms with Crippen LogP contribution in [-0.2, 0) is 0 Å². The van der Waals surface area contributed by atoms with Gasteiger partial charge in [0.2, 0.25) is 0 Å². The molecule has 1 nitrogen and oxygen atoms in total. The topological polar surface area (TPSA) is 20.2 Å². The van der Waals surface area contributed by atoms with Crippen LogP contribution in [0.5, 0.6) is 0 Å². The van der Waals surface area contributed by atoms with Crippen LogP contribution in [0.1, 0.15) is 5.56 Å². The summed E-state index contributed by atoms with van der Waals surface area (Å²) in [6.45, 7) is 1.93. The number of hydrogen-bond donors (Lipinski definition) is 1. The molecule has 1 rings (SSSR count). The minimum absolute atomic E-state index is 0.846. The van der Waals surface area contributed by atoms with Crippen molar-refractivity contribution in [2.24, 2.45) is 0 Å². The third-order valence-electron chi connectivity index (χ3n) is 1.31. The maximum atomic E-state index is 9.03.